The van der Waals surface area contributed by atoms with Crippen molar-refractivity contribution in [2.24, 2.45) is 0 Å². The molecule has 9 nitrogen and oxygen atoms in total. The van der Waals surface area contributed by atoms with Gasteiger partial charge in [-0.3, -0.25) is 9.42 Å². The molecule has 1 N–H and O–H groups in total. The van der Waals surface area contributed by atoms with Gasteiger partial charge in [-0.25, -0.2) is 9.36 Å². The monoisotopic (exact) mass is 529 g/mol. The highest BCUT2D eigenvalue weighted by atomic mass is 31.2. The summed E-state index contributed by atoms with van der Waals surface area (Å²) in [7, 11) is -1.32. The second-order valence-corrected chi connectivity index (χ2v) is 9.53. The predicted octanol–water partition coefficient (Wildman–Crippen LogP) is 5.22. The van der Waals surface area contributed by atoms with Gasteiger partial charge in [-0.05, 0) is 35.2 Å². The Morgan fingerprint density at radius 1 is 0.865 bits per heavy atom. The van der Waals surface area contributed by atoms with Gasteiger partial charge in [-0.1, -0.05) is 66.7 Å². The van der Waals surface area contributed by atoms with Crippen molar-refractivity contribution in [3.8, 4) is 11.5 Å². The van der Waals surface area contributed by atoms with Crippen LogP contribution in [0.5, 0.6) is 11.5 Å². The lowest BCUT2D eigenvalue weighted by Crippen LogP contribution is -2.29. The minimum absolute atomic E-state index is 0.0611. The van der Waals surface area contributed by atoms with Gasteiger partial charge < -0.3 is 23.6 Å². The van der Waals surface area contributed by atoms with Gasteiger partial charge in [0.2, 0.25) is 0 Å². The summed E-state index contributed by atoms with van der Waals surface area (Å²) in [4.78, 5) is 24.0. The normalized spacial score (nSPS) is 12.4. The highest BCUT2D eigenvalue weighted by molar-refractivity contribution is 7.47. The lowest BCUT2D eigenvalue weighted by atomic mass is 10.1. The van der Waals surface area contributed by atoms with E-state index in [4.69, 9.17) is 23.3 Å². The third-order valence-corrected chi connectivity index (χ3v) is 6.19. The molecule has 0 bridgehead atoms. The number of carbonyl (C=O) groups is 1. The first-order valence-corrected chi connectivity index (χ1v) is 13.2. The number of hydrogen-bond donors (Lipinski definition) is 1. The average Bonchev–Trinajstić information content (AvgIpc) is 2.90. The van der Waals surface area contributed by atoms with Gasteiger partial charge in [0.05, 0.1) is 13.2 Å². The summed E-state index contributed by atoms with van der Waals surface area (Å²) in [5.74, 6) is 0.346. The number of nitrogens with zero attached hydrogens (tertiary/aromatic N) is 1. The first kappa shape index (κ1) is 28.2. The fourth-order valence-electron chi connectivity index (χ4n) is 3.24. The van der Waals surface area contributed by atoms with Crippen LogP contribution in [0.25, 0.3) is 0 Å². The number of rotatable bonds is 14. The summed E-state index contributed by atoms with van der Waals surface area (Å²) in [6.07, 6.45) is 0.00142. The van der Waals surface area contributed by atoms with Crippen LogP contribution in [-0.2, 0) is 38.2 Å². The number of benzene rings is 3. The van der Waals surface area contributed by atoms with Gasteiger partial charge in [0.1, 0.15) is 13.2 Å². The van der Waals surface area contributed by atoms with E-state index in [0.717, 1.165) is 16.7 Å². The van der Waals surface area contributed by atoms with Crippen LogP contribution < -0.4 is 9.26 Å². The van der Waals surface area contributed by atoms with Crippen molar-refractivity contribution < 1.29 is 37.5 Å². The zero-order valence-corrected chi connectivity index (χ0v) is 21.8. The Labute approximate surface area is 217 Å². The Morgan fingerprint density at radius 3 is 2.16 bits per heavy atom. The Kier molecular flexibility index (Phi) is 11.0. The smallest absolute Gasteiger partial charge is 0.485 e. The average molecular weight is 530 g/mol. The lowest BCUT2D eigenvalue weighted by molar-refractivity contribution is 0.105. The molecule has 37 heavy (non-hydrogen) atoms. The molecule has 0 saturated carbocycles. The first-order valence-electron chi connectivity index (χ1n) is 11.7. The molecule has 10 heteroatoms. The van der Waals surface area contributed by atoms with Crippen LogP contribution in [0.3, 0.4) is 0 Å². The molecule has 0 aliphatic carbocycles. The molecule has 1 amide bonds. The molecule has 3 rings (SSSR count). The Bertz CT molecular complexity index is 1160. The molecule has 1 atom stereocenters. The van der Waals surface area contributed by atoms with Crippen LogP contribution in [0.1, 0.15) is 16.7 Å². The zero-order chi connectivity index (χ0) is 26.5. The summed E-state index contributed by atoms with van der Waals surface area (Å²) in [6, 6.07) is 24.0. The number of ether oxygens (including phenoxy) is 3. The van der Waals surface area contributed by atoms with Gasteiger partial charge in [0, 0.05) is 20.7 Å². The molecule has 0 aromatic heterocycles. The van der Waals surface area contributed by atoms with Crippen molar-refractivity contribution in [3.63, 3.8) is 0 Å². The first-order chi connectivity index (χ1) is 17.9. The highest BCUT2D eigenvalue weighted by Crippen LogP contribution is 2.47. The number of amides is 1. The Balaban J connectivity index is 1.64. The molecule has 0 saturated heterocycles. The lowest BCUT2D eigenvalue weighted by Gasteiger charge is -2.19. The quantitative estimate of drug-likeness (QED) is 0.224. The van der Waals surface area contributed by atoms with E-state index in [9.17, 15) is 14.3 Å². The second kappa shape index (κ2) is 14.4. The number of phosphoric ester groups is 1. The maximum atomic E-state index is 12.5. The van der Waals surface area contributed by atoms with E-state index in [2.05, 4.69) is 0 Å². The third kappa shape index (κ3) is 9.90. The number of likely N-dealkylation sites (N-methyl/N-ethyl adjacent to an activating group) is 1. The molecule has 1 unspecified atom stereocenters. The van der Waals surface area contributed by atoms with Crippen LogP contribution in [0.4, 0.5) is 4.79 Å². The van der Waals surface area contributed by atoms with Crippen molar-refractivity contribution in [1.29, 1.82) is 0 Å². The molecule has 3 aromatic carbocycles. The fourth-order valence-corrected chi connectivity index (χ4v) is 3.99. The summed E-state index contributed by atoms with van der Waals surface area (Å²) in [6.45, 7) is 0.813. The molecular weight excluding hydrogens is 497 g/mol. The maximum absolute atomic E-state index is 12.5. The Morgan fingerprint density at radius 2 is 1.51 bits per heavy atom. The second-order valence-electron chi connectivity index (χ2n) is 8.15. The molecule has 0 aliphatic rings. The number of carbonyl (C=O) groups excluding carboxylic acids is 1. The van der Waals surface area contributed by atoms with Crippen molar-refractivity contribution >= 4 is 13.9 Å². The van der Waals surface area contributed by atoms with E-state index >= 15 is 0 Å². The fraction of sp³-hybridized carbons (Fsp3) is 0.296. The van der Waals surface area contributed by atoms with E-state index in [1.807, 2.05) is 66.7 Å². The van der Waals surface area contributed by atoms with Crippen LogP contribution in [0, 0.1) is 0 Å². The van der Waals surface area contributed by atoms with E-state index in [-0.39, 0.29) is 37.9 Å². The van der Waals surface area contributed by atoms with Gasteiger partial charge in [0.15, 0.2) is 11.5 Å². The molecule has 3 aromatic rings. The van der Waals surface area contributed by atoms with E-state index in [0.29, 0.717) is 13.0 Å². The van der Waals surface area contributed by atoms with E-state index in [1.54, 1.807) is 19.2 Å². The Hall–Kier alpha value is -3.36. The number of hydrogen-bond acceptors (Lipinski definition) is 7. The maximum Gasteiger partial charge on any atom is 0.527 e. The van der Waals surface area contributed by atoms with E-state index in [1.165, 1.54) is 12.0 Å². The minimum Gasteiger partial charge on any atom is -0.485 e. The summed E-state index contributed by atoms with van der Waals surface area (Å²) >= 11 is 0. The SMILES string of the molecule is COCCOP(=O)(O)Oc1cc(CCN(C)C(=O)OCc2ccccc2)ccc1OCc1ccccc1. The topological polar surface area (TPSA) is 104 Å². The predicted molar refractivity (Wildman–Crippen MR) is 138 cm³/mol. The van der Waals surface area contributed by atoms with Crippen LogP contribution in [0.15, 0.2) is 78.9 Å². The van der Waals surface area contributed by atoms with Gasteiger partial charge in [-0.2, -0.15) is 0 Å². The summed E-state index contributed by atoms with van der Waals surface area (Å²) < 4.78 is 38.9. The van der Waals surface area contributed by atoms with E-state index < -0.39 is 13.9 Å². The largest absolute Gasteiger partial charge is 0.527 e. The molecular formula is C27H32NO8P. The number of methoxy groups -OCH3 is 1. The van der Waals surface area contributed by atoms with Crippen molar-refractivity contribution in [1.82, 2.24) is 4.90 Å². The van der Waals surface area contributed by atoms with Crippen LogP contribution in [0.2, 0.25) is 0 Å². The van der Waals surface area contributed by atoms with Gasteiger partial charge >= 0.3 is 13.9 Å². The molecule has 198 valence electrons. The summed E-state index contributed by atoms with van der Waals surface area (Å²) in [5.41, 5.74) is 2.59. The molecule has 0 aliphatic heterocycles. The van der Waals surface area contributed by atoms with Crippen LogP contribution in [-0.4, -0.2) is 49.8 Å². The van der Waals surface area contributed by atoms with Crippen molar-refractivity contribution in [2.75, 3.05) is 33.9 Å². The molecule has 0 heterocycles. The van der Waals surface area contributed by atoms with Crippen molar-refractivity contribution in [2.45, 2.75) is 19.6 Å². The third-order valence-electron chi connectivity index (χ3n) is 5.25. The number of phosphoric acid groups is 1. The van der Waals surface area contributed by atoms with Crippen molar-refractivity contribution in [3.05, 3.63) is 95.6 Å². The van der Waals surface area contributed by atoms with Crippen LogP contribution >= 0.6 is 7.82 Å². The zero-order valence-electron chi connectivity index (χ0n) is 20.9. The summed E-state index contributed by atoms with van der Waals surface area (Å²) in [5, 5.41) is 0. The minimum atomic E-state index is -4.42. The van der Waals surface area contributed by atoms with Gasteiger partial charge in [0.25, 0.3) is 0 Å². The standard InChI is InChI=1S/C27H32NO8P/c1-28(27(29)34-21-24-11-7-4-8-12-24)16-15-22-13-14-25(33-20-23-9-5-3-6-10-23)26(19-22)36-37(30,31)35-18-17-32-2/h3-14,19H,15-18,20-21H2,1-2H3,(H,30,31). The highest BCUT2D eigenvalue weighted by Gasteiger charge is 2.25. The molecule has 0 radical (unpaired) electrons. The molecule has 0 fully saturated rings. The van der Waals surface area contributed by atoms with Gasteiger partial charge in [-0.15, -0.1) is 0 Å². The molecule has 0 spiro atoms.